The molecule has 1 fully saturated rings. The minimum Gasteiger partial charge on any atom is -0.345 e. The number of nitrogens with one attached hydrogen (secondary N) is 2. The molecule has 0 saturated heterocycles. The molecule has 1 aliphatic carbocycles. The number of rotatable bonds is 8. The third-order valence-electron chi connectivity index (χ3n) is 5.84. The molecule has 0 bridgehead atoms. The zero-order chi connectivity index (χ0) is 21.0. The van der Waals surface area contributed by atoms with Crippen LogP contribution in [0.5, 0.6) is 0 Å². The van der Waals surface area contributed by atoms with Crippen molar-refractivity contribution in [3.05, 3.63) is 67.5 Å². The fraction of sp³-hybridized carbons (Fsp3) is 0.478. The van der Waals surface area contributed by atoms with Crippen LogP contribution in [0.3, 0.4) is 0 Å². The van der Waals surface area contributed by atoms with Crippen LogP contribution in [-0.4, -0.2) is 17.1 Å². The Bertz CT molecular complexity index is 920. The summed E-state index contributed by atoms with van der Waals surface area (Å²) >= 11 is 3.39. The van der Waals surface area contributed by atoms with Gasteiger partial charge in [0.15, 0.2) is 0 Å². The topological polar surface area (TPSA) is 63.1 Å². The van der Waals surface area contributed by atoms with Crippen molar-refractivity contribution in [2.75, 3.05) is 12.0 Å². The molecule has 1 amide bonds. The second-order valence-corrected chi connectivity index (χ2v) is 8.71. The normalized spacial score (nSPS) is 14.9. The summed E-state index contributed by atoms with van der Waals surface area (Å²) in [6.45, 7) is 6.34. The number of nitrogens with zero attached hydrogens (tertiary/aromatic N) is 1. The maximum absolute atomic E-state index is 13.4. The summed E-state index contributed by atoms with van der Waals surface area (Å²) in [6.07, 6.45) is 5.57. The Morgan fingerprint density at radius 1 is 1.24 bits per heavy atom. The van der Waals surface area contributed by atoms with E-state index in [2.05, 4.69) is 38.8 Å². The van der Waals surface area contributed by atoms with Crippen molar-refractivity contribution in [2.45, 2.75) is 58.9 Å². The van der Waals surface area contributed by atoms with Crippen molar-refractivity contribution in [1.29, 1.82) is 0 Å². The van der Waals surface area contributed by atoms with E-state index in [1.54, 1.807) is 0 Å². The Morgan fingerprint density at radius 3 is 2.52 bits per heavy atom. The Kier molecular flexibility index (Phi) is 7.17. The highest BCUT2D eigenvalue weighted by molar-refractivity contribution is 9.10. The standard InChI is InChI=1S/C23H30BrN3O2/c1-4-13-25-27-16(3)20(15(2)21(24)23(27)29)22(28)26-19(14-17-9-8-10-17)18-11-6-5-7-12-18/h5-7,11-12,17,19,25H,4,8-10,13-14H2,1-3H3,(H,26,28). The van der Waals surface area contributed by atoms with Gasteiger partial charge in [0.2, 0.25) is 0 Å². The van der Waals surface area contributed by atoms with Crippen molar-refractivity contribution in [3.8, 4) is 0 Å². The van der Waals surface area contributed by atoms with Crippen LogP contribution in [0.2, 0.25) is 0 Å². The lowest BCUT2D eigenvalue weighted by atomic mass is 9.79. The van der Waals surface area contributed by atoms with Crippen LogP contribution in [0.25, 0.3) is 0 Å². The van der Waals surface area contributed by atoms with E-state index < -0.39 is 0 Å². The van der Waals surface area contributed by atoms with Gasteiger partial charge in [-0.2, -0.15) is 0 Å². The van der Waals surface area contributed by atoms with Gasteiger partial charge in [-0.3, -0.25) is 9.59 Å². The van der Waals surface area contributed by atoms with E-state index in [4.69, 9.17) is 0 Å². The summed E-state index contributed by atoms with van der Waals surface area (Å²) in [6, 6.07) is 10.1. The van der Waals surface area contributed by atoms with Gasteiger partial charge in [0, 0.05) is 6.54 Å². The molecule has 1 aromatic carbocycles. The van der Waals surface area contributed by atoms with Gasteiger partial charge in [0.1, 0.15) is 0 Å². The molecule has 0 aliphatic heterocycles. The highest BCUT2D eigenvalue weighted by Gasteiger charge is 2.27. The van der Waals surface area contributed by atoms with Crippen LogP contribution in [0.15, 0.2) is 39.6 Å². The second kappa shape index (κ2) is 9.61. The van der Waals surface area contributed by atoms with Gasteiger partial charge in [-0.15, -0.1) is 0 Å². The van der Waals surface area contributed by atoms with E-state index in [1.807, 2.05) is 39.0 Å². The van der Waals surface area contributed by atoms with E-state index in [1.165, 1.54) is 23.9 Å². The monoisotopic (exact) mass is 459 g/mol. The number of benzene rings is 1. The maximum Gasteiger partial charge on any atom is 0.283 e. The Hall–Kier alpha value is -2.08. The summed E-state index contributed by atoms with van der Waals surface area (Å²) in [5.74, 6) is 0.524. The number of carbonyl (C=O) groups is 1. The molecule has 2 N–H and O–H groups in total. The second-order valence-electron chi connectivity index (χ2n) is 7.92. The molecule has 29 heavy (non-hydrogen) atoms. The average molecular weight is 460 g/mol. The third kappa shape index (κ3) is 4.74. The molecular weight excluding hydrogens is 430 g/mol. The number of pyridine rings is 1. The molecular formula is C23H30BrN3O2. The predicted molar refractivity (Wildman–Crippen MR) is 121 cm³/mol. The Balaban J connectivity index is 1.93. The Labute approximate surface area is 181 Å². The van der Waals surface area contributed by atoms with Crippen molar-refractivity contribution in [2.24, 2.45) is 5.92 Å². The molecule has 1 unspecified atom stereocenters. The molecule has 1 aromatic heterocycles. The highest BCUT2D eigenvalue weighted by Crippen LogP contribution is 2.35. The van der Waals surface area contributed by atoms with Gasteiger partial charge in [-0.05, 0) is 59.7 Å². The number of amides is 1. The quantitative estimate of drug-likeness (QED) is 0.593. The lowest BCUT2D eigenvalue weighted by Crippen LogP contribution is -2.37. The van der Waals surface area contributed by atoms with E-state index in [0.717, 1.165) is 18.4 Å². The highest BCUT2D eigenvalue weighted by atomic mass is 79.9. The number of hydrogen-bond acceptors (Lipinski definition) is 3. The smallest absolute Gasteiger partial charge is 0.283 e. The van der Waals surface area contributed by atoms with E-state index >= 15 is 0 Å². The van der Waals surface area contributed by atoms with Gasteiger partial charge < -0.3 is 10.7 Å². The van der Waals surface area contributed by atoms with Crippen molar-refractivity contribution in [1.82, 2.24) is 9.99 Å². The lowest BCUT2D eigenvalue weighted by Gasteiger charge is -2.31. The van der Waals surface area contributed by atoms with Gasteiger partial charge in [-0.25, -0.2) is 4.68 Å². The van der Waals surface area contributed by atoms with Crippen LogP contribution < -0.4 is 16.3 Å². The molecule has 0 radical (unpaired) electrons. The van der Waals surface area contributed by atoms with Crippen LogP contribution >= 0.6 is 15.9 Å². The maximum atomic E-state index is 13.4. The lowest BCUT2D eigenvalue weighted by molar-refractivity contribution is 0.0923. The summed E-state index contributed by atoms with van der Waals surface area (Å²) in [4.78, 5) is 26.0. The number of hydrogen-bond donors (Lipinski definition) is 2. The molecule has 1 heterocycles. The van der Waals surface area contributed by atoms with Gasteiger partial charge in [0.25, 0.3) is 11.5 Å². The molecule has 156 valence electrons. The summed E-state index contributed by atoms with van der Waals surface area (Å²) in [5, 5.41) is 3.26. The molecule has 0 spiro atoms. The van der Waals surface area contributed by atoms with Crippen LogP contribution in [0, 0.1) is 19.8 Å². The molecule has 1 aliphatic rings. The zero-order valence-corrected chi connectivity index (χ0v) is 19.0. The largest absolute Gasteiger partial charge is 0.345 e. The molecule has 6 heteroatoms. The molecule has 2 aromatic rings. The van der Waals surface area contributed by atoms with Crippen molar-refractivity contribution < 1.29 is 4.79 Å². The first kappa shape index (κ1) is 21.6. The van der Waals surface area contributed by atoms with Crippen LogP contribution in [-0.2, 0) is 0 Å². The first-order valence-corrected chi connectivity index (χ1v) is 11.2. The van der Waals surface area contributed by atoms with Gasteiger partial charge in [0.05, 0.1) is 21.8 Å². The Morgan fingerprint density at radius 2 is 1.93 bits per heavy atom. The molecule has 1 atom stereocenters. The number of halogens is 1. The third-order valence-corrected chi connectivity index (χ3v) is 6.77. The number of aromatic nitrogens is 1. The minimum absolute atomic E-state index is 0.0319. The molecule has 1 saturated carbocycles. The molecule has 3 rings (SSSR count). The van der Waals surface area contributed by atoms with E-state index in [9.17, 15) is 9.59 Å². The van der Waals surface area contributed by atoms with Gasteiger partial charge in [-0.1, -0.05) is 56.5 Å². The van der Waals surface area contributed by atoms with E-state index in [0.29, 0.717) is 33.8 Å². The first-order valence-electron chi connectivity index (χ1n) is 10.4. The molecule has 5 nitrogen and oxygen atoms in total. The minimum atomic E-state index is -0.168. The summed E-state index contributed by atoms with van der Waals surface area (Å²) in [7, 11) is 0. The van der Waals surface area contributed by atoms with Gasteiger partial charge >= 0.3 is 0 Å². The average Bonchev–Trinajstić information content (AvgIpc) is 2.69. The van der Waals surface area contributed by atoms with Crippen LogP contribution in [0.4, 0.5) is 0 Å². The fourth-order valence-corrected chi connectivity index (χ4v) is 4.28. The fourth-order valence-electron chi connectivity index (χ4n) is 3.91. The summed E-state index contributed by atoms with van der Waals surface area (Å²) in [5.41, 5.74) is 5.94. The SMILES string of the molecule is CCCNn1c(C)c(C(=O)NC(CC2CCC2)c2ccccc2)c(C)c(Br)c1=O. The van der Waals surface area contributed by atoms with Crippen molar-refractivity contribution >= 4 is 21.8 Å². The van der Waals surface area contributed by atoms with E-state index in [-0.39, 0.29) is 17.5 Å². The van der Waals surface area contributed by atoms with Crippen molar-refractivity contribution in [3.63, 3.8) is 0 Å². The number of carbonyl (C=O) groups excluding carboxylic acids is 1. The van der Waals surface area contributed by atoms with Crippen LogP contribution in [0.1, 0.15) is 72.2 Å². The zero-order valence-electron chi connectivity index (χ0n) is 17.4. The predicted octanol–water partition coefficient (Wildman–Crippen LogP) is 4.84. The summed E-state index contributed by atoms with van der Waals surface area (Å²) < 4.78 is 1.91. The first-order chi connectivity index (χ1) is 13.9.